The number of alkyl halides is 1. The molecular weight excluding hydrogens is 528 g/mol. The van der Waals surface area contributed by atoms with Gasteiger partial charge >= 0.3 is 6.09 Å². The molecule has 0 N–H and O–H groups in total. The normalized spacial score (nSPS) is 13.7. The number of benzene rings is 3. The fraction of sp³-hybridized carbons (Fsp3) is 0.296. The Morgan fingerprint density at radius 3 is 1.53 bits per heavy atom. The van der Waals surface area contributed by atoms with Crippen molar-refractivity contribution in [2.45, 2.75) is 26.4 Å². The average Bonchev–Trinajstić information content (AvgIpc) is 2.75. The van der Waals surface area contributed by atoms with Gasteiger partial charge in [-0.2, -0.15) is 0 Å². The third-order valence-corrected chi connectivity index (χ3v) is 8.56. The SMILES string of the molecule is CC(C)(C)OC(=O)N1CC(CI)C1.c1ccc(P(c2ccccc2)c2ccccc2)cc1. The van der Waals surface area contributed by atoms with E-state index in [1.54, 1.807) is 4.90 Å². The quantitative estimate of drug-likeness (QED) is 0.232. The Labute approximate surface area is 207 Å². The van der Waals surface area contributed by atoms with Gasteiger partial charge in [0.1, 0.15) is 5.60 Å². The number of hydrogen-bond donors (Lipinski definition) is 0. The lowest BCUT2D eigenvalue weighted by molar-refractivity contribution is 0.00249. The summed E-state index contributed by atoms with van der Waals surface area (Å²) in [4.78, 5) is 13.2. The average molecular weight is 559 g/mol. The highest BCUT2D eigenvalue weighted by Gasteiger charge is 2.32. The van der Waals surface area contributed by atoms with Crippen LogP contribution in [0, 0.1) is 5.92 Å². The lowest BCUT2D eigenvalue weighted by Gasteiger charge is -2.38. The van der Waals surface area contributed by atoms with Gasteiger partial charge in [0.15, 0.2) is 0 Å². The van der Waals surface area contributed by atoms with Gasteiger partial charge in [-0.15, -0.1) is 0 Å². The fourth-order valence-electron chi connectivity index (χ4n) is 3.32. The topological polar surface area (TPSA) is 29.5 Å². The first-order valence-corrected chi connectivity index (χ1v) is 13.7. The molecule has 0 bridgehead atoms. The molecule has 0 atom stereocenters. The van der Waals surface area contributed by atoms with E-state index < -0.39 is 7.92 Å². The molecule has 1 aliphatic heterocycles. The zero-order valence-electron chi connectivity index (χ0n) is 18.9. The molecule has 168 valence electrons. The molecular formula is C27H31INO2P. The summed E-state index contributed by atoms with van der Waals surface area (Å²) >= 11 is 2.35. The summed E-state index contributed by atoms with van der Waals surface area (Å²) in [5.41, 5.74) is -0.369. The van der Waals surface area contributed by atoms with Crippen molar-refractivity contribution in [3.05, 3.63) is 91.0 Å². The summed E-state index contributed by atoms with van der Waals surface area (Å²) in [6.07, 6.45) is -0.173. The molecule has 0 saturated carbocycles. The number of nitrogens with zero attached hydrogens (tertiary/aromatic N) is 1. The number of rotatable bonds is 4. The smallest absolute Gasteiger partial charge is 0.410 e. The number of hydrogen-bond acceptors (Lipinski definition) is 2. The van der Waals surface area contributed by atoms with Gasteiger partial charge in [0, 0.05) is 23.4 Å². The first kappa shape index (κ1) is 24.7. The van der Waals surface area contributed by atoms with Crippen molar-refractivity contribution in [1.29, 1.82) is 0 Å². The highest BCUT2D eigenvalue weighted by atomic mass is 127. The van der Waals surface area contributed by atoms with Crippen LogP contribution in [0.4, 0.5) is 4.79 Å². The van der Waals surface area contributed by atoms with Crippen molar-refractivity contribution in [2.75, 3.05) is 17.5 Å². The predicted molar refractivity (Wildman–Crippen MR) is 145 cm³/mol. The van der Waals surface area contributed by atoms with Crippen LogP contribution in [0.25, 0.3) is 0 Å². The van der Waals surface area contributed by atoms with Crippen LogP contribution < -0.4 is 15.9 Å². The lowest BCUT2D eigenvalue weighted by Crippen LogP contribution is -2.52. The maximum absolute atomic E-state index is 11.4. The minimum Gasteiger partial charge on any atom is -0.444 e. The van der Waals surface area contributed by atoms with Gasteiger partial charge in [0.2, 0.25) is 0 Å². The second-order valence-corrected chi connectivity index (χ2v) is 11.8. The molecule has 1 aliphatic rings. The second kappa shape index (κ2) is 11.8. The van der Waals surface area contributed by atoms with Gasteiger partial charge in [-0.05, 0) is 44.6 Å². The van der Waals surface area contributed by atoms with Gasteiger partial charge in [0.05, 0.1) is 0 Å². The summed E-state index contributed by atoms with van der Waals surface area (Å²) in [6, 6.07) is 32.3. The zero-order valence-corrected chi connectivity index (χ0v) is 22.0. The molecule has 1 saturated heterocycles. The summed E-state index contributed by atoms with van der Waals surface area (Å²) in [7, 11) is -0.446. The Hall–Kier alpha value is -1.91. The van der Waals surface area contributed by atoms with E-state index in [0.717, 1.165) is 17.5 Å². The molecule has 1 fully saturated rings. The molecule has 0 radical (unpaired) electrons. The van der Waals surface area contributed by atoms with Crippen LogP contribution in [0.3, 0.4) is 0 Å². The molecule has 0 unspecified atom stereocenters. The monoisotopic (exact) mass is 559 g/mol. The van der Waals surface area contributed by atoms with Crippen molar-refractivity contribution < 1.29 is 9.53 Å². The van der Waals surface area contributed by atoms with E-state index in [1.165, 1.54) is 15.9 Å². The first-order chi connectivity index (χ1) is 15.4. The number of ether oxygens (including phenoxy) is 1. The van der Waals surface area contributed by atoms with E-state index in [9.17, 15) is 4.79 Å². The van der Waals surface area contributed by atoms with Crippen LogP contribution in [0.15, 0.2) is 91.0 Å². The van der Waals surface area contributed by atoms with Crippen molar-refractivity contribution >= 4 is 52.5 Å². The Balaban J connectivity index is 0.000000195. The van der Waals surface area contributed by atoms with E-state index in [1.807, 2.05) is 20.8 Å². The van der Waals surface area contributed by atoms with Crippen molar-refractivity contribution in [2.24, 2.45) is 5.92 Å². The van der Waals surface area contributed by atoms with Gasteiger partial charge < -0.3 is 9.64 Å². The summed E-state index contributed by atoms with van der Waals surface area (Å²) in [5, 5.41) is 4.19. The minimum absolute atomic E-state index is 0.173. The number of amides is 1. The first-order valence-electron chi connectivity index (χ1n) is 10.9. The number of carbonyl (C=O) groups excluding carboxylic acids is 1. The molecule has 4 rings (SSSR count). The molecule has 3 aromatic rings. The minimum atomic E-state index is -0.446. The molecule has 5 heteroatoms. The Bertz CT molecular complexity index is 861. The van der Waals surface area contributed by atoms with Gasteiger partial charge in [-0.1, -0.05) is 114 Å². The third kappa shape index (κ3) is 7.31. The molecule has 0 aromatic heterocycles. The molecule has 1 amide bonds. The Kier molecular flexibility index (Phi) is 9.12. The summed E-state index contributed by atoms with van der Waals surface area (Å²) in [6.45, 7) is 7.39. The third-order valence-electron chi connectivity index (χ3n) is 4.87. The van der Waals surface area contributed by atoms with E-state index >= 15 is 0 Å². The molecule has 3 nitrogen and oxygen atoms in total. The number of carbonyl (C=O) groups is 1. The summed E-state index contributed by atoms with van der Waals surface area (Å²) < 4.78 is 6.34. The maximum atomic E-state index is 11.4. The number of halogens is 1. The number of likely N-dealkylation sites (tertiary alicyclic amines) is 1. The highest BCUT2D eigenvalue weighted by molar-refractivity contribution is 14.1. The maximum Gasteiger partial charge on any atom is 0.410 e. The summed E-state index contributed by atoms with van der Waals surface area (Å²) in [5.74, 6) is 0.674. The van der Waals surface area contributed by atoms with Gasteiger partial charge in [0.25, 0.3) is 0 Å². The van der Waals surface area contributed by atoms with E-state index in [2.05, 4.69) is 114 Å². The van der Waals surface area contributed by atoms with Crippen LogP contribution in [0.2, 0.25) is 0 Å². The molecule has 1 heterocycles. The van der Waals surface area contributed by atoms with Crippen LogP contribution in [-0.4, -0.2) is 34.1 Å². The van der Waals surface area contributed by atoms with E-state index in [0.29, 0.717) is 5.92 Å². The van der Waals surface area contributed by atoms with E-state index in [-0.39, 0.29) is 11.7 Å². The van der Waals surface area contributed by atoms with Crippen molar-refractivity contribution in [1.82, 2.24) is 4.90 Å². The molecule has 0 aliphatic carbocycles. The van der Waals surface area contributed by atoms with Crippen LogP contribution in [0.1, 0.15) is 20.8 Å². The van der Waals surface area contributed by atoms with E-state index in [4.69, 9.17) is 4.74 Å². The fourth-order valence-corrected chi connectivity index (χ4v) is 6.18. The van der Waals surface area contributed by atoms with Gasteiger partial charge in [-0.25, -0.2) is 4.79 Å². The largest absolute Gasteiger partial charge is 0.444 e. The zero-order chi connectivity index (χ0) is 23.0. The highest BCUT2D eigenvalue weighted by Crippen LogP contribution is 2.32. The van der Waals surface area contributed by atoms with Crippen molar-refractivity contribution in [3.63, 3.8) is 0 Å². The predicted octanol–water partition coefficient (Wildman–Crippen LogP) is 5.73. The molecule has 0 spiro atoms. The second-order valence-electron chi connectivity index (χ2n) is 8.75. The van der Waals surface area contributed by atoms with Crippen LogP contribution >= 0.6 is 30.5 Å². The lowest BCUT2D eigenvalue weighted by atomic mass is 10.0. The Morgan fingerprint density at radius 2 is 1.22 bits per heavy atom. The standard InChI is InChI=1S/C18H15P.C9H16INO2/c1-4-10-16(11-5-1)19(17-12-6-2-7-13-17)18-14-8-3-9-15-18;1-9(2,3)13-8(12)11-5-7(4-10)6-11/h1-15H;7H,4-6H2,1-3H3. The van der Waals surface area contributed by atoms with Crippen LogP contribution in [0.5, 0.6) is 0 Å². The molecule has 32 heavy (non-hydrogen) atoms. The Morgan fingerprint density at radius 1 is 0.844 bits per heavy atom. The van der Waals surface area contributed by atoms with Crippen LogP contribution in [-0.2, 0) is 4.74 Å². The van der Waals surface area contributed by atoms with Crippen molar-refractivity contribution in [3.8, 4) is 0 Å². The van der Waals surface area contributed by atoms with Gasteiger partial charge in [-0.3, -0.25) is 0 Å². The molecule has 3 aromatic carbocycles.